The van der Waals surface area contributed by atoms with Gasteiger partial charge in [0, 0.05) is 19.0 Å². The van der Waals surface area contributed by atoms with E-state index in [1.165, 1.54) is 36.2 Å². The zero-order chi connectivity index (χ0) is 14.9. The van der Waals surface area contributed by atoms with Gasteiger partial charge in [0.1, 0.15) is 5.58 Å². The molecule has 7 nitrogen and oxygen atoms in total. The minimum absolute atomic E-state index is 0.0477. The third kappa shape index (κ3) is 2.82. The fourth-order valence-electron chi connectivity index (χ4n) is 1.74. The topological polar surface area (TPSA) is 114 Å². The lowest BCUT2D eigenvalue weighted by molar-refractivity contribution is 0.0738. The van der Waals surface area contributed by atoms with Gasteiger partial charge in [0.2, 0.25) is 10.0 Å². The van der Waals surface area contributed by atoms with Crippen molar-refractivity contribution in [2.45, 2.75) is 4.90 Å². The first kappa shape index (κ1) is 14.5. The van der Waals surface area contributed by atoms with Crippen LogP contribution < -0.4 is 5.14 Å². The maximum Gasteiger partial charge on any atom is 0.289 e. The van der Waals surface area contributed by atoms with Gasteiger partial charge in [-0.2, -0.15) is 0 Å². The van der Waals surface area contributed by atoms with Gasteiger partial charge >= 0.3 is 0 Å². The number of nitrogens with two attached hydrogens (primary N) is 1. The Bertz CT molecular complexity index is 750. The van der Waals surface area contributed by atoms with Crippen molar-refractivity contribution in [2.75, 3.05) is 20.2 Å². The molecular formula is C12H14N2O5S. The zero-order valence-corrected chi connectivity index (χ0v) is 11.6. The van der Waals surface area contributed by atoms with Gasteiger partial charge in [-0.25, -0.2) is 13.6 Å². The summed E-state index contributed by atoms with van der Waals surface area (Å²) >= 11 is 0. The Hall–Kier alpha value is -1.90. The number of furan rings is 1. The molecule has 0 unspecified atom stereocenters. The predicted octanol–water partition coefficient (Wildman–Crippen LogP) is 0.144. The van der Waals surface area contributed by atoms with Gasteiger partial charge in [0.15, 0.2) is 5.76 Å². The Morgan fingerprint density at radius 1 is 1.40 bits per heavy atom. The number of rotatable bonds is 4. The van der Waals surface area contributed by atoms with Crippen LogP contribution in [0.25, 0.3) is 11.0 Å². The highest BCUT2D eigenvalue weighted by molar-refractivity contribution is 7.89. The van der Waals surface area contributed by atoms with Crippen LogP contribution in [0.4, 0.5) is 0 Å². The summed E-state index contributed by atoms with van der Waals surface area (Å²) in [7, 11) is -2.27. The van der Waals surface area contributed by atoms with Gasteiger partial charge in [0.25, 0.3) is 5.91 Å². The molecule has 1 aromatic heterocycles. The summed E-state index contributed by atoms with van der Waals surface area (Å²) in [6, 6.07) is 5.54. The molecule has 0 fully saturated rings. The first-order chi connectivity index (χ1) is 9.32. The molecule has 0 saturated carbocycles. The molecule has 0 atom stereocenters. The van der Waals surface area contributed by atoms with Crippen LogP contribution in [-0.2, 0) is 10.0 Å². The third-order valence-electron chi connectivity index (χ3n) is 2.81. The number of fused-ring (bicyclic) bond motifs is 1. The van der Waals surface area contributed by atoms with Crippen molar-refractivity contribution in [1.29, 1.82) is 0 Å². The molecule has 108 valence electrons. The van der Waals surface area contributed by atoms with Crippen molar-refractivity contribution < 1.29 is 22.7 Å². The first-order valence-electron chi connectivity index (χ1n) is 5.75. The minimum atomic E-state index is -3.80. The monoisotopic (exact) mass is 298 g/mol. The molecule has 0 bridgehead atoms. The molecule has 1 aromatic carbocycles. The smallest absolute Gasteiger partial charge is 0.289 e. The van der Waals surface area contributed by atoms with Crippen molar-refractivity contribution in [3.63, 3.8) is 0 Å². The van der Waals surface area contributed by atoms with Crippen LogP contribution in [-0.4, -0.2) is 44.5 Å². The number of nitrogens with zero attached hydrogens (tertiary/aromatic N) is 1. The van der Waals surface area contributed by atoms with Crippen molar-refractivity contribution in [2.24, 2.45) is 5.14 Å². The Balaban J connectivity index is 2.42. The molecule has 1 amide bonds. The summed E-state index contributed by atoms with van der Waals surface area (Å²) in [6.07, 6.45) is 0. The number of likely N-dealkylation sites (N-methyl/N-ethyl adjacent to an activating group) is 1. The Morgan fingerprint density at radius 2 is 2.10 bits per heavy atom. The Morgan fingerprint density at radius 3 is 2.70 bits per heavy atom. The maximum atomic E-state index is 12.0. The van der Waals surface area contributed by atoms with Gasteiger partial charge in [-0.3, -0.25) is 4.79 Å². The molecular weight excluding hydrogens is 284 g/mol. The fraction of sp³-hybridized carbons (Fsp3) is 0.250. The van der Waals surface area contributed by atoms with E-state index in [9.17, 15) is 13.2 Å². The van der Waals surface area contributed by atoms with E-state index in [0.29, 0.717) is 11.0 Å². The number of aliphatic hydroxyl groups is 1. The van der Waals surface area contributed by atoms with Gasteiger partial charge in [0.05, 0.1) is 11.5 Å². The molecule has 3 N–H and O–H groups in total. The lowest BCUT2D eigenvalue weighted by Gasteiger charge is -2.13. The van der Waals surface area contributed by atoms with Crippen molar-refractivity contribution in [1.82, 2.24) is 4.90 Å². The molecule has 20 heavy (non-hydrogen) atoms. The number of aliphatic hydroxyl groups excluding tert-OH is 1. The summed E-state index contributed by atoms with van der Waals surface area (Å²) in [5.74, 6) is -0.324. The molecule has 0 saturated heterocycles. The van der Waals surface area contributed by atoms with Gasteiger partial charge in [-0.15, -0.1) is 0 Å². The summed E-state index contributed by atoms with van der Waals surface area (Å²) in [5.41, 5.74) is 0.387. The minimum Gasteiger partial charge on any atom is -0.451 e. The number of hydrogen-bond acceptors (Lipinski definition) is 5. The average molecular weight is 298 g/mol. The van der Waals surface area contributed by atoms with Crippen molar-refractivity contribution >= 4 is 26.9 Å². The molecule has 1 heterocycles. The largest absolute Gasteiger partial charge is 0.451 e. The lowest BCUT2D eigenvalue weighted by atomic mass is 10.2. The number of carbonyl (C=O) groups excluding carboxylic acids is 1. The summed E-state index contributed by atoms with van der Waals surface area (Å²) < 4.78 is 27.9. The van der Waals surface area contributed by atoms with E-state index < -0.39 is 15.9 Å². The van der Waals surface area contributed by atoms with Gasteiger partial charge in [-0.1, -0.05) is 0 Å². The molecule has 2 aromatic rings. The van der Waals surface area contributed by atoms with Crippen LogP contribution in [0.3, 0.4) is 0 Å². The molecule has 0 aliphatic heterocycles. The van der Waals surface area contributed by atoms with Crippen LogP contribution in [0, 0.1) is 0 Å². The second kappa shape index (κ2) is 5.23. The highest BCUT2D eigenvalue weighted by atomic mass is 32.2. The molecule has 8 heteroatoms. The predicted molar refractivity (Wildman–Crippen MR) is 71.6 cm³/mol. The maximum absolute atomic E-state index is 12.0. The quantitative estimate of drug-likeness (QED) is 0.833. The average Bonchev–Trinajstić information content (AvgIpc) is 2.79. The van der Waals surface area contributed by atoms with Gasteiger partial charge < -0.3 is 14.4 Å². The Kier molecular flexibility index (Phi) is 3.80. The lowest BCUT2D eigenvalue weighted by Crippen LogP contribution is -2.29. The van der Waals surface area contributed by atoms with Crippen LogP contribution in [0.2, 0.25) is 0 Å². The highest BCUT2D eigenvalue weighted by Gasteiger charge is 2.17. The number of sulfonamides is 1. The Labute approximate surface area is 115 Å². The first-order valence-corrected chi connectivity index (χ1v) is 7.30. The zero-order valence-electron chi connectivity index (χ0n) is 10.7. The molecule has 0 aliphatic carbocycles. The number of primary sulfonamides is 1. The van der Waals surface area contributed by atoms with Crippen molar-refractivity contribution in [3.05, 3.63) is 30.0 Å². The van der Waals surface area contributed by atoms with E-state index in [1.807, 2.05) is 0 Å². The summed E-state index contributed by atoms with van der Waals surface area (Å²) in [4.78, 5) is 13.2. The van der Waals surface area contributed by atoms with E-state index in [-0.39, 0.29) is 23.8 Å². The number of hydrogen-bond donors (Lipinski definition) is 2. The standard InChI is InChI=1S/C12H14N2O5S/c1-14(4-5-15)12(16)11-7-8-6-9(20(13,17)18)2-3-10(8)19-11/h2-3,6-7,15H,4-5H2,1H3,(H2,13,17,18). The number of carbonyl (C=O) groups is 1. The van der Waals surface area contributed by atoms with E-state index in [0.717, 1.165) is 0 Å². The van der Waals surface area contributed by atoms with E-state index in [1.54, 1.807) is 0 Å². The third-order valence-corrected chi connectivity index (χ3v) is 3.72. The molecule has 0 spiro atoms. The summed E-state index contributed by atoms with van der Waals surface area (Å²) in [5, 5.41) is 14.3. The number of benzene rings is 1. The van der Waals surface area contributed by atoms with Crippen LogP contribution in [0.15, 0.2) is 33.6 Å². The van der Waals surface area contributed by atoms with Gasteiger partial charge in [-0.05, 0) is 24.3 Å². The SMILES string of the molecule is CN(CCO)C(=O)c1cc2cc(S(N)(=O)=O)ccc2o1. The van der Waals surface area contributed by atoms with E-state index >= 15 is 0 Å². The number of amides is 1. The molecule has 0 aliphatic rings. The van der Waals surface area contributed by atoms with Crippen LogP contribution in [0.5, 0.6) is 0 Å². The second-order valence-electron chi connectivity index (χ2n) is 4.31. The van der Waals surface area contributed by atoms with Crippen molar-refractivity contribution in [3.8, 4) is 0 Å². The second-order valence-corrected chi connectivity index (χ2v) is 5.87. The summed E-state index contributed by atoms with van der Waals surface area (Å²) in [6.45, 7) is 0.0241. The van der Waals surface area contributed by atoms with Crippen LogP contribution >= 0.6 is 0 Å². The normalized spacial score (nSPS) is 11.8. The highest BCUT2D eigenvalue weighted by Crippen LogP contribution is 2.23. The molecule has 2 rings (SSSR count). The van der Waals surface area contributed by atoms with E-state index in [2.05, 4.69) is 0 Å². The van der Waals surface area contributed by atoms with E-state index in [4.69, 9.17) is 14.7 Å². The fourth-order valence-corrected chi connectivity index (χ4v) is 2.29. The molecule has 0 radical (unpaired) electrons. The van der Waals surface area contributed by atoms with Crippen LogP contribution in [0.1, 0.15) is 10.6 Å².